The van der Waals surface area contributed by atoms with Gasteiger partial charge in [0.1, 0.15) is 0 Å². The van der Waals surface area contributed by atoms with Crippen LogP contribution in [0.4, 0.5) is 5.69 Å². The zero-order chi connectivity index (χ0) is 12.8. The number of nitrogens with one attached hydrogen (secondary N) is 1. The Bertz CT molecular complexity index is 347. The summed E-state index contributed by atoms with van der Waals surface area (Å²) >= 11 is 0. The monoisotopic (exact) mass is 250 g/mol. The van der Waals surface area contributed by atoms with Crippen LogP contribution in [0.15, 0.2) is 24.3 Å². The van der Waals surface area contributed by atoms with Gasteiger partial charge in [-0.15, -0.1) is 0 Å². The van der Waals surface area contributed by atoms with Gasteiger partial charge in [0.2, 0.25) is 0 Å². The third kappa shape index (κ3) is 3.45. The molecule has 1 atom stereocenters. The molecule has 0 amide bonds. The van der Waals surface area contributed by atoms with Gasteiger partial charge < -0.3 is 20.1 Å². The number of hydrogen-bond donors (Lipinski definition) is 2. The molecule has 1 heterocycles. The van der Waals surface area contributed by atoms with Crippen LogP contribution in [0.5, 0.6) is 0 Å². The van der Waals surface area contributed by atoms with Crippen molar-refractivity contribution in [3.8, 4) is 0 Å². The van der Waals surface area contributed by atoms with Crippen molar-refractivity contribution >= 4 is 5.69 Å². The lowest BCUT2D eigenvalue weighted by Gasteiger charge is -2.29. The lowest BCUT2D eigenvalue weighted by Crippen LogP contribution is -2.36. The Morgan fingerprint density at radius 1 is 1.28 bits per heavy atom. The SMILES string of the molecule is CCNCC(O)c1ccc(N2CCOCC2)cc1. The van der Waals surface area contributed by atoms with Crippen LogP contribution in [0.3, 0.4) is 0 Å². The van der Waals surface area contributed by atoms with Crippen LogP contribution >= 0.6 is 0 Å². The van der Waals surface area contributed by atoms with Crippen LogP contribution in [-0.4, -0.2) is 44.5 Å². The smallest absolute Gasteiger partial charge is 0.0914 e. The van der Waals surface area contributed by atoms with Gasteiger partial charge in [-0.25, -0.2) is 0 Å². The number of hydrogen-bond acceptors (Lipinski definition) is 4. The Labute approximate surface area is 109 Å². The molecule has 100 valence electrons. The maximum atomic E-state index is 9.96. The zero-order valence-corrected chi connectivity index (χ0v) is 10.9. The van der Waals surface area contributed by atoms with Crippen molar-refractivity contribution in [3.05, 3.63) is 29.8 Å². The summed E-state index contributed by atoms with van der Waals surface area (Å²) in [5.74, 6) is 0. The van der Waals surface area contributed by atoms with Crippen LogP contribution in [0.1, 0.15) is 18.6 Å². The lowest BCUT2D eigenvalue weighted by molar-refractivity contribution is 0.122. The highest BCUT2D eigenvalue weighted by atomic mass is 16.5. The summed E-state index contributed by atoms with van der Waals surface area (Å²) < 4.78 is 5.34. The maximum Gasteiger partial charge on any atom is 0.0914 e. The number of benzene rings is 1. The number of ether oxygens (including phenoxy) is 1. The Hall–Kier alpha value is -1.10. The van der Waals surface area contributed by atoms with Crippen molar-refractivity contribution in [1.82, 2.24) is 5.32 Å². The maximum absolute atomic E-state index is 9.96. The molecule has 4 heteroatoms. The number of morpholine rings is 1. The van der Waals surface area contributed by atoms with Gasteiger partial charge in [0.15, 0.2) is 0 Å². The molecule has 0 aliphatic carbocycles. The van der Waals surface area contributed by atoms with Gasteiger partial charge in [0.05, 0.1) is 19.3 Å². The first-order valence-corrected chi connectivity index (χ1v) is 6.62. The summed E-state index contributed by atoms with van der Waals surface area (Å²) in [4.78, 5) is 2.31. The van der Waals surface area contributed by atoms with E-state index in [1.165, 1.54) is 5.69 Å². The van der Waals surface area contributed by atoms with Crippen LogP contribution in [0.25, 0.3) is 0 Å². The fourth-order valence-electron chi connectivity index (χ4n) is 2.13. The van der Waals surface area contributed by atoms with Gasteiger partial charge in [-0.2, -0.15) is 0 Å². The summed E-state index contributed by atoms with van der Waals surface area (Å²) in [5.41, 5.74) is 2.17. The number of rotatable bonds is 5. The van der Waals surface area contributed by atoms with Gasteiger partial charge in [0, 0.05) is 25.3 Å². The zero-order valence-electron chi connectivity index (χ0n) is 10.9. The van der Waals surface area contributed by atoms with Crippen molar-refractivity contribution in [1.29, 1.82) is 0 Å². The molecule has 0 aromatic heterocycles. The number of nitrogens with zero attached hydrogens (tertiary/aromatic N) is 1. The molecule has 1 unspecified atom stereocenters. The highest BCUT2D eigenvalue weighted by Gasteiger charge is 2.12. The van der Waals surface area contributed by atoms with E-state index >= 15 is 0 Å². The van der Waals surface area contributed by atoms with E-state index in [1.807, 2.05) is 19.1 Å². The third-order valence-electron chi connectivity index (χ3n) is 3.24. The minimum absolute atomic E-state index is 0.427. The topological polar surface area (TPSA) is 44.7 Å². The van der Waals surface area contributed by atoms with Gasteiger partial charge in [-0.1, -0.05) is 19.1 Å². The van der Waals surface area contributed by atoms with Crippen molar-refractivity contribution in [2.24, 2.45) is 0 Å². The van der Waals surface area contributed by atoms with E-state index in [9.17, 15) is 5.11 Å². The molecule has 2 rings (SSSR count). The molecule has 1 saturated heterocycles. The summed E-state index contributed by atoms with van der Waals surface area (Å²) in [6, 6.07) is 8.17. The van der Waals surface area contributed by atoms with E-state index < -0.39 is 6.10 Å². The minimum Gasteiger partial charge on any atom is -0.387 e. The van der Waals surface area contributed by atoms with E-state index in [0.717, 1.165) is 38.4 Å². The van der Waals surface area contributed by atoms with E-state index in [1.54, 1.807) is 0 Å². The van der Waals surface area contributed by atoms with E-state index in [0.29, 0.717) is 6.54 Å². The van der Waals surface area contributed by atoms with Gasteiger partial charge in [-0.05, 0) is 24.2 Å². The van der Waals surface area contributed by atoms with E-state index in [4.69, 9.17) is 4.74 Å². The molecule has 0 radical (unpaired) electrons. The minimum atomic E-state index is -0.427. The number of anilines is 1. The molecular formula is C14H22N2O2. The molecule has 1 fully saturated rings. The van der Waals surface area contributed by atoms with E-state index in [2.05, 4.69) is 22.3 Å². The van der Waals surface area contributed by atoms with Crippen LogP contribution in [0.2, 0.25) is 0 Å². The second-order valence-electron chi connectivity index (χ2n) is 4.51. The largest absolute Gasteiger partial charge is 0.387 e. The number of likely N-dealkylation sites (N-methyl/N-ethyl adjacent to an activating group) is 1. The molecule has 0 spiro atoms. The second-order valence-corrected chi connectivity index (χ2v) is 4.51. The van der Waals surface area contributed by atoms with E-state index in [-0.39, 0.29) is 0 Å². The Kier molecular flexibility index (Phi) is 4.99. The second kappa shape index (κ2) is 6.73. The van der Waals surface area contributed by atoms with Crippen LogP contribution in [-0.2, 0) is 4.74 Å². The average Bonchev–Trinajstić information content (AvgIpc) is 2.46. The van der Waals surface area contributed by atoms with Gasteiger partial charge in [0.25, 0.3) is 0 Å². The number of aliphatic hydroxyl groups is 1. The predicted octanol–water partition coefficient (Wildman–Crippen LogP) is 1.17. The fraction of sp³-hybridized carbons (Fsp3) is 0.571. The summed E-state index contributed by atoms with van der Waals surface area (Å²) in [6.45, 7) is 7.00. The van der Waals surface area contributed by atoms with Crippen molar-refractivity contribution in [2.45, 2.75) is 13.0 Å². The van der Waals surface area contributed by atoms with Gasteiger partial charge in [-0.3, -0.25) is 0 Å². The molecule has 18 heavy (non-hydrogen) atoms. The first kappa shape index (κ1) is 13.3. The molecule has 0 bridgehead atoms. The average molecular weight is 250 g/mol. The normalized spacial score (nSPS) is 17.8. The fourth-order valence-corrected chi connectivity index (χ4v) is 2.13. The molecule has 4 nitrogen and oxygen atoms in total. The van der Waals surface area contributed by atoms with Crippen molar-refractivity contribution in [3.63, 3.8) is 0 Å². The van der Waals surface area contributed by atoms with Crippen LogP contribution < -0.4 is 10.2 Å². The molecule has 1 aliphatic rings. The molecular weight excluding hydrogens is 228 g/mol. The lowest BCUT2D eigenvalue weighted by atomic mass is 10.1. The molecule has 2 N–H and O–H groups in total. The summed E-state index contributed by atoms with van der Waals surface area (Å²) in [5, 5.41) is 13.1. The molecule has 1 aliphatic heterocycles. The van der Waals surface area contributed by atoms with Crippen molar-refractivity contribution < 1.29 is 9.84 Å². The quantitative estimate of drug-likeness (QED) is 0.823. The third-order valence-corrected chi connectivity index (χ3v) is 3.24. The highest BCUT2D eigenvalue weighted by molar-refractivity contribution is 5.48. The predicted molar refractivity (Wildman–Crippen MR) is 73.0 cm³/mol. The molecule has 0 saturated carbocycles. The Morgan fingerprint density at radius 3 is 2.56 bits per heavy atom. The molecule has 1 aromatic carbocycles. The van der Waals surface area contributed by atoms with Crippen LogP contribution in [0, 0.1) is 0 Å². The highest BCUT2D eigenvalue weighted by Crippen LogP contribution is 2.19. The Balaban J connectivity index is 1.95. The first-order chi connectivity index (χ1) is 8.81. The first-order valence-electron chi connectivity index (χ1n) is 6.62. The summed E-state index contributed by atoms with van der Waals surface area (Å²) in [7, 11) is 0. The standard InChI is InChI=1S/C14H22N2O2/c1-2-15-11-14(17)12-3-5-13(6-4-12)16-7-9-18-10-8-16/h3-6,14-15,17H,2,7-11H2,1H3. The van der Waals surface area contributed by atoms with Crippen molar-refractivity contribution in [2.75, 3.05) is 44.3 Å². The van der Waals surface area contributed by atoms with Gasteiger partial charge >= 0.3 is 0 Å². The summed E-state index contributed by atoms with van der Waals surface area (Å²) in [6.07, 6.45) is -0.427. The molecule has 1 aromatic rings. The number of aliphatic hydroxyl groups excluding tert-OH is 1. The Morgan fingerprint density at radius 2 is 1.94 bits per heavy atom.